The van der Waals surface area contributed by atoms with E-state index in [1.165, 1.54) is 24.1 Å². The normalized spacial score (nSPS) is 16.2. The number of ether oxygens (including phenoxy) is 1. The summed E-state index contributed by atoms with van der Waals surface area (Å²) < 4.78 is 6.40. The van der Waals surface area contributed by atoms with E-state index in [2.05, 4.69) is 46.0 Å². The molecule has 0 aliphatic heterocycles. The fraction of sp³-hybridized carbons (Fsp3) is 0.625. The summed E-state index contributed by atoms with van der Waals surface area (Å²) in [6.07, 6.45) is 4.53. The lowest BCUT2D eigenvalue weighted by Gasteiger charge is -2.28. The molecule has 1 saturated carbocycles. The first-order chi connectivity index (χ1) is 9.65. The van der Waals surface area contributed by atoms with Gasteiger partial charge in [-0.25, -0.2) is 0 Å². The smallest absolute Gasteiger partial charge is 0.0637 e. The van der Waals surface area contributed by atoms with Crippen molar-refractivity contribution in [3.63, 3.8) is 0 Å². The molecule has 1 aromatic rings. The largest absolute Gasteiger partial charge is 0.383 e. The van der Waals surface area contributed by atoms with Crippen LogP contribution in [0.4, 0.5) is 5.69 Å². The SMILES string of the molecule is CCC(N)Cc1ccc(Br)cc1N(CCOC)C1CC1. The molecule has 0 amide bonds. The average Bonchev–Trinajstić information content (AvgIpc) is 3.26. The molecule has 2 rings (SSSR count). The summed E-state index contributed by atoms with van der Waals surface area (Å²) in [5, 5.41) is 0. The first-order valence-corrected chi connectivity index (χ1v) is 8.24. The third kappa shape index (κ3) is 4.21. The minimum atomic E-state index is 0.235. The van der Waals surface area contributed by atoms with Crippen molar-refractivity contribution in [1.29, 1.82) is 0 Å². The first-order valence-electron chi connectivity index (χ1n) is 7.45. The quantitative estimate of drug-likeness (QED) is 0.788. The van der Waals surface area contributed by atoms with Gasteiger partial charge in [-0.3, -0.25) is 0 Å². The van der Waals surface area contributed by atoms with E-state index in [0.717, 1.165) is 30.5 Å². The highest BCUT2D eigenvalue weighted by atomic mass is 79.9. The Hall–Kier alpha value is -0.580. The van der Waals surface area contributed by atoms with E-state index in [1.54, 1.807) is 7.11 Å². The highest BCUT2D eigenvalue weighted by molar-refractivity contribution is 9.10. The molecule has 20 heavy (non-hydrogen) atoms. The maximum Gasteiger partial charge on any atom is 0.0637 e. The highest BCUT2D eigenvalue weighted by Crippen LogP contribution is 2.35. The maximum absolute atomic E-state index is 6.15. The van der Waals surface area contributed by atoms with Crippen molar-refractivity contribution in [2.45, 2.75) is 44.7 Å². The molecular weight excluding hydrogens is 316 g/mol. The van der Waals surface area contributed by atoms with Crippen LogP contribution in [0.15, 0.2) is 22.7 Å². The van der Waals surface area contributed by atoms with Gasteiger partial charge in [0.15, 0.2) is 0 Å². The zero-order chi connectivity index (χ0) is 14.5. The third-order valence-corrected chi connectivity index (χ3v) is 4.38. The van der Waals surface area contributed by atoms with Gasteiger partial charge in [-0.2, -0.15) is 0 Å². The number of halogens is 1. The molecule has 0 spiro atoms. The van der Waals surface area contributed by atoms with E-state index in [1.807, 2.05) is 0 Å². The summed E-state index contributed by atoms with van der Waals surface area (Å²) in [6.45, 7) is 3.86. The maximum atomic E-state index is 6.15. The molecule has 1 aromatic carbocycles. The lowest BCUT2D eigenvalue weighted by atomic mass is 10.0. The number of hydrogen-bond acceptors (Lipinski definition) is 3. The van der Waals surface area contributed by atoms with Gasteiger partial charge in [0.25, 0.3) is 0 Å². The molecule has 0 bridgehead atoms. The van der Waals surface area contributed by atoms with Gasteiger partial charge in [-0.1, -0.05) is 28.9 Å². The summed E-state index contributed by atoms with van der Waals surface area (Å²) in [5.74, 6) is 0. The van der Waals surface area contributed by atoms with Crippen LogP contribution in [-0.2, 0) is 11.2 Å². The molecule has 1 fully saturated rings. The van der Waals surface area contributed by atoms with Crippen LogP contribution < -0.4 is 10.6 Å². The van der Waals surface area contributed by atoms with Gasteiger partial charge in [-0.15, -0.1) is 0 Å². The molecule has 4 heteroatoms. The van der Waals surface area contributed by atoms with Gasteiger partial charge in [0.05, 0.1) is 6.61 Å². The van der Waals surface area contributed by atoms with Gasteiger partial charge in [-0.05, 0) is 43.4 Å². The van der Waals surface area contributed by atoms with E-state index in [9.17, 15) is 0 Å². The lowest BCUT2D eigenvalue weighted by Crippen LogP contribution is -2.31. The summed E-state index contributed by atoms with van der Waals surface area (Å²) >= 11 is 3.60. The Morgan fingerprint density at radius 2 is 2.20 bits per heavy atom. The Labute approximate surface area is 130 Å². The van der Waals surface area contributed by atoms with Crippen LogP contribution in [0.2, 0.25) is 0 Å². The topological polar surface area (TPSA) is 38.5 Å². The fourth-order valence-corrected chi connectivity index (χ4v) is 2.83. The molecule has 0 heterocycles. The Morgan fingerprint density at radius 3 is 2.80 bits per heavy atom. The Balaban J connectivity index is 2.23. The second kappa shape index (κ2) is 7.43. The predicted molar refractivity (Wildman–Crippen MR) is 88.4 cm³/mol. The van der Waals surface area contributed by atoms with Gasteiger partial charge in [0.1, 0.15) is 0 Å². The Bertz CT molecular complexity index is 434. The van der Waals surface area contributed by atoms with Gasteiger partial charge >= 0.3 is 0 Å². The molecule has 1 aliphatic rings. The number of rotatable bonds is 8. The van der Waals surface area contributed by atoms with Gasteiger partial charge < -0.3 is 15.4 Å². The van der Waals surface area contributed by atoms with Crippen molar-refractivity contribution in [3.05, 3.63) is 28.2 Å². The van der Waals surface area contributed by atoms with Crippen molar-refractivity contribution in [2.75, 3.05) is 25.2 Å². The number of benzene rings is 1. The molecule has 0 saturated heterocycles. The second-order valence-electron chi connectivity index (χ2n) is 5.56. The summed E-state index contributed by atoms with van der Waals surface area (Å²) in [6, 6.07) is 7.46. The predicted octanol–water partition coefficient (Wildman–Crippen LogP) is 3.34. The van der Waals surface area contributed by atoms with Gasteiger partial charge in [0.2, 0.25) is 0 Å². The van der Waals surface area contributed by atoms with E-state index in [-0.39, 0.29) is 6.04 Å². The van der Waals surface area contributed by atoms with Crippen LogP contribution >= 0.6 is 15.9 Å². The van der Waals surface area contributed by atoms with Crippen LogP contribution in [0.1, 0.15) is 31.7 Å². The molecule has 2 N–H and O–H groups in total. The zero-order valence-electron chi connectivity index (χ0n) is 12.4. The molecule has 1 atom stereocenters. The monoisotopic (exact) mass is 340 g/mol. The second-order valence-corrected chi connectivity index (χ2v) is 6.48. The van der Waals surface area contributed by atoms with Crippen molar-refractivity contribution in [1.82, 2.24) is 0 Å². The van der Waals surface area contributed by atoms with Crippen molar-refractivity contribution in [3.8, 4) is 0 Å². The van der Waals surface area contributed by atoms with E-state index >= 15 is 0 Å². The highest BCUT2D eigenvalue weighted by Gasteiger charge is 2.30. The van der Waals surface area contributed by atoms with E-state index < -0.39 is 0 Å². The van der Waals surface area contributed by atoms with Crippen LogP contribution in [0.5, 0.6) is 0 Å². The van der Waals surface area contributed by atoms with Crippen LogP contribution in [0.25, 0.3) is 0 Å². The van der Waals surface area contributed by atoms with Crippen LogP contribution in [0.3, 0.4) is 0 Å². The van der Waals surface area contributed by atoms with Gasteiger partial charge in [0, 0.05) is 35.9 Å². The molecular formula is C16H25BrN2O. The number of nitrogens with zero attached hydrogens (tertiary/aromatic N) is 1. The minimum absolute atomic E-state index is 0.235. The Kier molecular flexibility index (Phi) is 5.87. The van der Waals surface area contributed by atoms with Crippen LogP contribution in [0, 0.1) is 0 Å². The van der Waals surface area contributed by atoms with E-state index in [4.69, 9.17) is 10.5 Å². The Morgan fingerprint density at radius 1 is 1.45 bits per heavy atom. The number of nitrogens with two attached hydrogens (primary N) is 1. The number of methoxy groups -OCH3 is 1. The standard InChI is InChI=1S/C16H25BrN2O/c1-3-14(18)10-12-4-5-13(17)11-16(12)19(8-9-20-2)15-6-7-15/h4-5,11,14-15H,3,6-10,18H2,1-2H3. The number of anilines is 1. The minimum Gasteiger partial charge on any atom is -0.383 e. The molecule has 1 aliphatic carbocycles. The third-order valence-electron chi connectivity index (χ3n) is 3.89. The molecule has 0 radical (unpaired) electrons. The first kappa shape index (κ1) is 15.8. The number of hydrogen-bond donors (Lipinski definition) is 1. The summed E-state index contributed by atoms with van der Waals surface area (Å²) in [4.78, 5) is 2.49. The van der Waals surface area contributed by atoms with E-state index in [0.29, 0.717) is 6.04 Å². The summed E-state index contributed by atoms with van der Waals surface area (Å²) in [7, 11) is 1.76. The molecule has 112 valence electrons. The van der Waals surface area contributed by atoms with Crippen LogP contribution in [-0.4, -0.2) is 32.3 Å². The van der Waals surface area contributed by atoms with Crippen molar-refractivity contribution < 1.29 is 4.74 Å². The zero-order valence-corrected chi connectivity index (χ0v) is 14.0. The average molecular weight is 341 g/mol. The molecule has 1 unspecified atom stereocenters. The summed E-state index contributed by atoms with van der Waals surface area (Å²) in [5.41, 5.74) is 8.82. The van der Waals surface area contributed by atoms with Crippen molar-refractivity contribution in [2.24, 2.45) is 5.73 Å². The molecule has 3 nitrogen and oxygen atoms in total. The fourth-order valence-electron chi connectivity index (χ4n) is 2.48. The van der Waals surface area contributed by atoms with Crippen molar-refractivity contribution >= 4 is 21.6 Å². The molecule has 0 aromatic heterocycles. The lowest BCUT2D eigenvalue weighted by molar-refractivity contribution is 0.205.